The molecule has 0 aromatic heterocycles. The van der Waals surface area contributed by atoms with Gasteiger partial charge in [0.05, 0.1) is 18.7 Å². The standard InChI is InChI=1S/C21H21NO8/c1-12(13-3-4-15-16(7-13)30-11-29-15)22-19(23)10-28-21(24)14-8-17(25-2)20-18(9-14)26-5-6-27-20/h3-4,7-9,12H,5-6,10-11H2,1-2H3,(H,22,23)/t12-/m0/s1. The number of nitrogens with one attached hydrogen (secondary N) is 1. The molecule has 0 bridgehead atoms. The summed E-state index contributed by atoms with van der Waals surface area (Å²) in [4.78, 5) is 24.6. The first-order chi connectivity index (χ1) is 14.5. The van der Waals surface area contributed by atoms with Gasteiger partial charge in [-0.1, -0.05) is 6.07 Å². The van der Waals surface area contributed by atoms with Gasteiger partial charge < -0.3 is 33.7 Å². The Labute approximate surface area is 172 Å². The molecule has 1 amide bonds. The molecule has 2 aromatic carbocycles. The van der Waals surface area contributed by atoms with Gasteiger partial charge in [0, 0.05) is 0 Å². The normalized spacial score (nSPS) is 14.6. The summed E-state index contributed by atoms with van der Waals surface area (Å²) < 4.78 is 32.0. The number of methoxy groups -OCH3 is 1. The van der Waals surface area contributed by atoms with Crippen LogP contribution in [0.4, 0.5) is 0 Å². The second-order valence-corrected chi connectivity index (χ2v) is 6.68. The van der Waals surface area contributed by atoms with Crippen molar-refractivity contribution >= 4 is 11.9 Å². The fraction of sp³-hybridized carbons (Fsp3) is 0.333. The van der Waals surface area contributed by atoms with Crippen LogP contribution in [0.25, 0.3) is 0 Å². The molecular weight excluding hydrogens is 394 g/mol. The van der Waals surface area contributed by atoms with Crippen molar-refractivity contribution in [2.75, 3.05) is 33.7 Å². The van der Waals surface area contributed by atoms with E-state index in [0.29, 0.717) is 42.0 Å². The zero-order chi connectivity index (χ0) is 21.1. The van der Waals surface area contributed by atoms with Crippen LogP contribution in [0.15, 0.2) is 30.3 Å². The number of carbonyl (C=O) groups is 2. The number of fused-ring (bicyclic) bond motifs is 2. The molecule has 4 rings (SSSR count). The number of esters is 1. The lowest BCUT2D eigenvalue weighted by atomic mass is 10.1. The lowest BCUT2D eigenvalue weighted by molar-refractivity contribution is -0.124. The summed E-state index contributed by atoms with van der Waals surface area (Å²) >= 11 is 0. The quantitative estimate of drug-likeness (QED) is 0.717. The first kappa shape index (κ1) is 19.7. The van der Waals surface area contributed by atoms with Crippen molar-refractivity contribution < 1.29 is 38.0 Å². The second-order valence-electron chi connectivity index (χ2n) is 6.68. The summed E-state index contributed by atoms with van der Waals surface area (Å²) in [7, 11) is 1.47. The minimum atomic E-state index is -0.670. The summed E-state index contributed by atoms with van der Waals surface area (Å²) in [5.74, 6) is 1.40. The number of benzene rings is 2. The van der Waals surface area contributed by atoms with Gasteiger partial charge in [-0.2, -0.15) is 0 Å². The number of hydrogen-bond acceptors (Lipinski definition) is 8. The van der Waals surface area contributed by atoms with Crippen LogP contribution >= 0.6 is 0 Å². The van der Waals surface area contributed by atoms with Crippen LogP contribution in [-0.4, -0.2) is 45.6 Å². The van der Waals surface area contributed by atoms with E-state index in [1.54, 1.807) is 12.1 Å². The molecule has 2 heterocycles. The Kier molecular flexibility index (Phi) is 5.51. The van der Waals surface area contributed by atoms with Gasteiger partial charge in [-0.3, -0.25) is 4.79 Å². The van der Waals surface area contributed by atoms with E-state index >= 15 is 0 Å². The fourth-order valence-corrected chi connectivity index (χ4v) is 3.15. The molecule has 1 N–H and O–H groups in total. The van der Waals surface area contributed by atoms with Crippen molar-refractivity contribution in [2.24, 2.45) is 0 Å². The Morgan fingerprint density at radius 3 is 2.67 bits per heavy atom. The SMILES string of the molecule is COc1cc(C(=O)OCC(=O)N[C@@H](C)c2ccc3c(c2)OCO3)cc2c1OCCO2. The summed E-state index contributed by atoms with van der Waals surface area (Å²) in [6.45, 7) is 2.34. The molecule has 0 aliphatic carbocycles. The maximum absolute atomic E-state index is 12.4. The van der Waals surface area contributed by atoms with Crippen LogP contribution in [0.1, 0.15) is 28.9 Å². The lowest BCUT2D eigenvalue weighted by Crippen LogP contribution is -2.31. The predicted octanol–water partition coefficient (Wildman–Crippen LogP) is 2.23. The van der Waals surface area contributed by atoms with E-state index in [4.69, 9.17) is 28.4 Å². The van der Waals surface area contributed by atoms with Gasteiger partial charge in [0.2, 0.25) is 12.5 Å². The Morgan fingerprint density at radius 1 is 1.03 bits per heavy atom. The zero-order valence-corrected chi connectivity index (χ0v) is 16.6. The third-order valence-corrected chi connectivity index (χ3v) is 4.67. The van der Waals surface area contributed by atoms with Gasteiger partial charge in [0.1, 0.15) is 13.2 Å². The van der Waals surface area contributed by atoms with Gasteiger partial charge in [0.15, 0.2) is 29.6 Å². The number of ether oxygens (including phenoxy) is 6. The first-order valence-corrected chi connectivity index (χ1v) is 9.39. The van der Waals surface area contributed by atoms with E-state index in [2.05, 4.69) is 5.32 Å². The maximum atomic E-state index is 12.4. The van der Waals surface area contributed by atoms with Crippen LogP contribution in [0.5, 0.6) is 28.7 Å². The van der Waals surface area contributed by atoms with E-state index in [-0.39, 0.29) is 18.4 Å². The molecule has 9 heteroatoms. The molecule has 9 nitrogen and oxygen atoms in total. The fourth-order valence-electron chi connectivity index (χ4n) is 3.15. The monoisotopic (exact) mass is 415 g/mol. The molecule has 0 saturated heterocycles. The Hall–Kier alpha value is -3.62. The Bertz CT molecular complexity index is 956. The van der Waals surface area contributed by atoms with Crippen molar-refractivity contribution in [3.8, 4) is 28.7 Å². The smallest absolute Gasteiger partial charge is 0.338 e. The van der Waals surface area contributed by atoms with Crippen LogP contribution in [-0.2, 0) is 9.53 Å². The largest absolute Gasteiger partial charge is 0.493 e. The minimum absolute atomic E-state index is 0.181. The van der Waals surface area contributed by atoms with Gasteiger partial charge in [-0.25, -0.2) is 4.79 Å². The third-order valence-electron chi connectivity index (χ3n) is 4.67. The van der Waals surface area contributed by atoms with Crippen molar-refractivity contribution in [1.29, 1.82) is 0 Å². The van der Waals surface area contributed by atoms with Gasteiger partial charge in [0.25, 0.3) is 5.91 Å². The van der Waals surface area contributed by atoms with Crippen molar-refractivity contribution in [1.82, 2.24) is 5.32 Å². The van der Waals surface area contributed by atoms with Crippen molar-refractivity contribution in [3.63, 3.8) is 0 Å². The predicted molar refractivity (Wildman–Crippen MR) is 103 cm³/mol. The maximum Gasteiger partial charge on any atom is 0.338 e. The molecule has 0 spiro atoms. The van der Waals surface area contributed by atoms with Crippen molar-refractivity contribution in [2.45, 2.75) is 13.0 Å². The number of hydrogen-bond donors (Lipinski definition) is 1. The molecule has 2 aliphatic heterocycles. The van der Waals surface area contributed by atoms with E-state index < -0.39 is 18.5 Å². The molecule has 1 atom stereocenters. The average molecular weight is 415 g/mol. The summed E-state index contributed by atoms with van der Waals surface area (Å²) in [5, 5.41) is 2.78. The van der Waals surface area contributed by atoms with Crippen LogP contribution in [0.3, 0.4) is 0 Å². The number of carbonyl (C=O) groups excluding carboxylic acids is 2. The molecule has 0 saturated carbocycles. The molecule has 158 valence electrons. The molecular formula is C21H21NO8. The summed E-state index contributed by atoms with van der Waals surface area (Å²) in [6, 6.07) is 8.12. The second kappa shape index (κ2) is 8.40. The van der Waals surface area contributed by atoms with E-state index in [0.717, 1.165) is 5.56 Å². The lowest BCUT2D eigenvalue weighted by Gasteiger charge is -2.21. The third kappa shape index (κ3) is 4.05. The van der Waals surface area contributed by atoms with E-state index in [1.807, 2.05) is 13.0 Å². The molecule has 2 aromatic rings. The number of amides is 1. The zero-order valence-electron chi connectivity index (χ0n) is 16.6. The number of rotatable bonds is 6. The van der Waals surface area contributed by atoms with Gasteiger partial charge in [-0.15, -0.1) is 0 Å². The highest BCUT2D eigenvalue weighted by atomic mass is 16.7. The highest BCUT2D eigenvalue weighted by molar-refractivity contribution is 5.93. The van der Waals surface area contributed by atoms with Crippen LogP contribution in [0, 0.1) is 0 Å². The van der Waals surface area contributed by atoms with Crippen LogP contribution < -0.4 is 29.0 Å². The first-order valence-electron chi connectivity index (χ1n) is 9.39. The highest BCUT2D eigenvalue weighted by Gasteiger charge is 2.22. The molecule has 2 aliphatic rings. The Balaban J connectivity index is 1.35. The topological polar surface area (TPSA) is 102 Å². The van der Waals surface area contributed by atoms with E-state index in [9.17, 15) is 9.59 Å². The molecule has 30 heavy (non-hydrogen) atoms. The van der Waals surface area contributed by atoms with Crippen molar-refractivity contribution in [3.05, 3.63) is 41.5 Å². The summed E-state index contributed by atoms with van der Waals surface area (Å²) in [6.07, 6.45) is 0. The molecule has 0 unspecified atom stereocenters. The highest BCUT2D eigenvalue weighted by Crippen LogP contribution is 2.40. The average Bonchev–Trinajstić information content (AvgIpc) is 3.24. The van der Waals surface area contributed by atoms with Gasteiger partial charge in [-0.05, 0) is 36.8 Å². The van der Waals surface area contributed by atoms with E-state index in [1.165, 1.54) is 19.2 Å². The molecule has 0 fully saturated rings. The minimum Gasteiger partial charge on any atom is -0.493 e. The Morgan fingerprint density at radius 2 is 1.83 bits per heavy atom. The van der Waals surface area contributed by atoms with Gasteiger partial charge >= 0.3 is 5.97 Å². The summed E-state index contributed by atoms with van der Waals surface area (Å²) in [5.41, 5.74) is 1.04. The van der Waals surface area contributed by atoms with Crippen LogP contribution in [0.2, 0.25) is 0 Å². The molecule has 0 radical (unpaired) electrons.